The summed E-state index contributed by atoms with van der Waals surface area (Å²) in [6, 6.07) is 0.720. The lowest BCUT2D eigenvalue weighted by atomic mass is 9.95. The Bertz CT molecular complexity index is 320. The maximum absolute atomic E-state index is 12.0. The lowest BCUT2D eigenvalue weighted by Gasteiger charge is -2.31. The summed E-state index contributed by atoms with van der Waals surface area (Å²) in [6.07, 6.45) is 5.52. The largest absolute Gasteiger partial charge is 0.468 e. The number of nitrogens with one attached hydrogen (secondary N) is 1. The Hall–Kier alpha value is -0.610. The third-order valence-electron chi connectivity index (χ3n) is 4.71. The molecule has 2 atom stereocenters. The summed E-state index contributed by atoms with van der Waals surface area (Å²) < 4.78 is 4.98. The van der Waals surface area contributed by atoms with E-state index in [-0.39, 0.29) is 5.97 Å². The topological polar surface area (TPSA) is 41.6 Å². The van der Waals surface area contributed by atoms with Gasteiger partial charge in [-0.05, 0) is 64.6 Å². The van der Waals surface area contributed by atoms with Crippen molar-refractivity contribution >= 4 is 5.97 Å². The summed E-state index contributed by atoms with van der Waals surface area (Å²) in [7, 11) is 1.48. The maximum Gasteiger partial charge on any atom is 0.325 e. The van der Waals surface area contributed by atoms with Crippen LogP contribution in [0.5, 0.6) is 0 Å². The van der Waals surface area contributed by atoms with Crippen molar-refractivity contribution in [2.24, 2.45) is 5.92 Å². The molecule has 4 nitrogen and oxygen atoms in total. The number of rotatable bonds is 9. The number of likely N-dealkylation sites (tertiary alicyclic amines) is 1. The van der Waals surface area contributed by atoms with E-state index in [1.807, 2.05) is 6.92 Å². The molecular weight excluding hydrogens is 264 g/mol. The molecule has 0 spiro atoms. The van der Waals surface area contributed by atoms with E-state index in [0.717, 1.165) is 44.3 Å². The Morgan fingerprint density at radius 2 is 2.19 bits per heavy atom. The van der Waals surface area contributed by atoms with Crippen LogP contribution < -0.4 is 5.32 Å². The van der Waals surface area contributed by atoms with Crippen LogP contribution in [-0.4, -0.2) is 49.2 Å². The fraction of sp³-hybridized carbons (Fsp3) is 0.941. The predicted octanol–water partition coefficient (Wildman–Crippen LogP) is 2.82. The van der Waals surface area contributed by atoms with Crippen LogP contribution >= 0.6 is 0 Å². The molecule has 1 aliphatic heterocycles. The van der Waals surface area contributed by atoms with Crippen molar-refractivity contribution in [1.29, 1.82) is 0 Å². The van der Waals surface area contributed by atoms with E-state index in [9.17, 15) is 4.79 Å². The first kappa shape index (κ1) is 18.4. The first-order valence-corrected chi connectivity index (χ1v) is 8.52. The monoisotopic (exact) mass is 298 g/mol. The second kappa shape index (κ2) is 8.74. The highest BCUT2D eigenvalue weighted by Crippen LogP contribution is 2.25. The standard InChI is InChI=1S/C17H34N2O2/c1-6-11-18-17(4,16(20)21-5)10-8-13-19-12-7-9-15(19)14(2)3/h14-15,18H,6-13H2,1-5H3. The Labute approximate surface area is 130 Å². The van der Waals surface area contributed by atoms with Crippen molar-refractivity contribution in [1.82, 2.24) is 10.2 Å². The second-order valence-corrected chi connectivity index (χ2v) is 6.84. The molecule has 0 saturated carbocycles. The Balaban J connectivity index is 2.47. The van der Waals surface area contributed by atoms with Crippen LogP contribution in [0.1, 0.15) is 59.8 Å². The van der Waals surface area contributed by atoms with Crippen molar-refractivity contribution in [3.05, 3.63) is 0 Å². The van der Waals surface area contributed by atoms with E-state index >= 15 is 0 Å². The van der Waals surface area contributed by atoms with Gasteiger partial charge in [-0.1, -0.05) is 20.8 Å². The second-order valence-electron chi connectivity index (χ2n) is 6.84. The molecule has 1 heterocycles. The van der Waals surface area contributed by atoms with Crippen LogP contribution in [0.15, 0.2) is 0 Å². The SMILES string of the molecule is CCCNC(C)(CCCN1CCCC1C(C)C)C(=O)OC. The van der Waals surface area contributed by atoms with E-state index in [2.05, 4.69) is 31.0 Å². The zero-order chi connectivity index (χ0) is 15.9. The molecule has 1 aliphatic rings. The van der Waals surface area contributed by atoms with E-state index in [1.54, 1.807) is 0 Å². The third kappa shape index (κ3) is 5.26. The van der Waals surface area contributed by atoms with Crippen LogP contribution in [-0.2, 0) is 9.53 Å². The molecule has 124 valence electrons. The molecule has 0 bridgehead atoms. The number of esters is 1. The van der Waals surface area contributed by atoms with Crippen LogP contribution in [0.2, 0.25) is 0 Å². The van der Waals surface area contributed by atoms with Crippen LogP contribution in [0.3, 0.4) is 0 Å². The van der Waals surface area contributed by atoms with Gasteiger partial charge in [0.25, 0.3) is 0 Å². The lowest BCUT2D eigenvalue weighted by molar-refractivity contribution is -0.148. The van der Waals surface area contributed by atoms with E-state index < -0.39 is 5.54 Å². The number of ether oxygens (including phenoxy) is 1. The smallest absolute Gasteiger partial charge is 0.325 e. The Morgan fingerprint density at radius 1 is 1.48 bits per heavy atom. The minimum absolute atomic E-state index is 0.141. The third-order valence-corrected chi connectivity index (χ3v) is 4.71. The zero-order valence-electron chi connectivity index (χ0n) is 14.6. The first-order chi connectivity index (χ1) is 9.94. The van der Waals surface area contributed by atoms with Gasteiger partial charge in [-0.2, -0.15) is 0 Å². The normalized spacial score (nSPS) is 22.5. The van der Waals surface area contributed by atoms with Gasteiger partial charge in [0.2, 0.25) is 0 Å². The van der Waals surface area contributed by atoms with Gasteiger partial charge in [-0.25, -0.2) is 0 Å². The van der Waals surface area contributed by atoms with E-state index in [4.69, 9.17) is 4.74 Å². The van der Waals surface area contributed by atoms with Crippen LogP contribution in [0.25, 0.3) is 0 Å². The number of carbonyl (C=O) groups is 1. The predicted molar refractivity (Wildman–Crippen MR) is 87.4 cm³/mol. The Morgan fingerprint density at radius 3 is 2.76 bits per heavy atom. The summed E-state index contributed by atoms with van der Waals surface area (Å²) >= 11 is 0. The highest BCUT2D eigenvalue weighted by Gasteiger charge is 2.34. The summed E-state index contributed by atoms with van der Waals surface area (Å²) in [5.41, 5.74) is -0.544. The molecule has 0 aromatic heterocycles. The van der Waals surface area contributed by atoms with Gasteiger partial charge < -0.3 is 15.0 Å². The molecule has 1 rings (SSSR count). The average molecular weight is 298 g/mol. The van der Waals surface area contributed by atoms with Crippen molar-refractivity contribution in [3.8, 4) is 0 Å². The molecule has 2 unspecified atom stereocenters. The fourth-order valence-corrected chi connectivity index (χ4v) is 3.41. The first-order valence-electron chi connectivity index (χ1n) is 8.52. The van der Waals surface area contributed by atoms with E-state index in [1.165, 1.54) is 26.5 Å². The molecule has 4 heteroatoms. The minimum Gasteiger partial charge on any atom is -0.468 e. The van der Waals surface area contributed by atoms with Crippen LogP contribution in [0, 0.1) is 5.92 Å². The quantitative estimate of drug-likeness (QED) is 0.665. The molecule has 1 fully saturated rings. The number of nitrogens with zero attached hydrogens (tertiary/aromatic N) is 1. The molecule has 1 N–H and O–H groups in total. The summed E-state index contributed by atoms with van der Waals surface area (Å²) in [5, 5.41) is 3.36. The Kier molecular flexibility index (Phi) is 7.67. The summed E-state index contributed by atoms with van der Waals surface area (Å²) in [5.74, 6) is 0.579. The van der Waals surface area contributed by atoms with Gasteiger partial charge in [0.15, 0.2) is 0 Å². The molecule has 1 saturated heterocycles. The fourth-order valence-electron chi connectivity index (χ4n) is 3.41. The number of hydrogen-bond acceptors (Lipinski definition) is 4. The highest BCUT2D eigenvalue weighted by atomic mass is 16.5. The van der Waals surface area contributed by atoms with Crippen molar-refractivity contribution in [2.75, 3.05) is 26.7 Å². The molecule has 21 heavy (non-hydrogen) atoms. The van der Waals surface area contributed by atoms with Crippen molar-refractivity contribution in [3.63, 3.8) is 0 Å². The van der Waals surface area contributed by atoms with Crippen LogP contribution in [0.4, 0.5) is 0 Å². The maximum atomic E-state index is 12.0. The van der Waals surface area contributed by atoms with Crippen molar-refractivity contribution in [2.45, 2.75) is 71.4 Å². The van der Waals surface area contributed by atoms with Gasteiger partial charge in [0, 0.05) is 6.04 Å². The highest BCUT2D eigenvalue weighted by molar-refractivity contribution is 5.80. The van der Waals surface area contributed by atoms with Crippen molar-refractivity contribution < 1.29 is 9.53 Å². The average Bonchev–Trinajstić information content (AvgIpc) is 2.92. The molecule has 0 aromatic carbocycles. The summed E-state index contributed by atoms with van der Waals surface area (Å²) in [4.78, 5) is 14.6. The molecule has 0 aromatic rings. The van der Waals surface area contributed by atoms with Gasteiger partial charge in [0.05, 0.1) is 7.11 Å². The summed E-state index contributed by atoms with van der Waals surface area (Å²) in [6.45, 7) is 11.8. The molecular formula is C17H34N2O2. The molecule has 0 amide bonds. The number of carbonyl (C=O) groups excluding carboxylic acids is 1. The minimum atomic E-state index is -0.544. The van der Waals surface area contributed by atoms with Gasteiger partial charge in [-0.3, -0.25) is 4.79 Å². The zero-order valence-corrected chi connectivity index (χ0v) is 14.6. The lowest BCUT2D eigenvalue weighted by Crippen LogP contribution is -2.51. The van der Waals surface area contributed by atoms with Gasteiger partial charge >= 0.3 is 5.97 Å². The number of methoxy groups -OCH3 is 1. The number of hydrogen-bond donors (Lipinski definition) is 1. The van der Waals surface area contributed by atoms with E-state index in [0.29, 0.717) is 0 Å². The van der Waals surface area contributed by atoms with Gasteiger partial charge in [-0.15, -0.1) is 0 Å². The molecule has 0 aliphatic carbocycles. The molecule has 0 radical (unpaired) electrons. The van der Waals surface area contributed by atoms with Gasteiger partial charge in [0.1, 0.15) is 5.54 Å².